The van der Waals surface area contributed by atoms with Gasteiger partial charge in [-0.3, -0.25) is 14.4 Å². The number of hydrogen-bond acceptors (Lipinski definition) is 21. The summed E-state index contributed by atoms with van der Waals surface area (Å²) >= 11 is 1.39. The van der Waals surface area contributed by atoms with Crippen molar-refractivity contribution in [1.29, 1.82) is 0 Å². The van der Waals surface area contributed by atoms with Gasteiger partial charge in [0.15, 0.2) is 39.6 Å². The van der Waals surface area contributed by atoms with Gasteiger partial charge in [0, 0.05) is 86.5 Å². The second kappa shape index (κ2) is 36.4. The molecule has 28 nitrogen and oxygen atoms in total. The van der Waals surface area contributed by atoms with Gasteiger partial charge in [-0.2, -0.15) is 9.97 Å². The number of amides is 2. The number of ether oxygens (including phenoxy) is 2. The first-order valence-electron chi connectivity index (χ1n) is 39.4. The third-order valence-electron chi connectivity index (χ3n) is 19.5. The number of benzene rings is 3. The molecule has 3 aliphatic heterocycles. The molecule has 0 saturated heterocycles. The summed E-state index contributed by atoms with van der Waals surface area (Å²) in [5, 5.41) is 11.6. The molecule has 0 aliphatic carbocycles. The molecule has 34 heteroatoms. The minimum atomic E-state index is -1.66. The lowest BCUT2D eigenvalue weighted by atomic mass is 9.99. The molecule has 3 aromatic carbocycles. The lowest BCUT2D eigenvalue weighted by Crippen LogP contribution is -2.39. The van der Waals surface area contributed by atoms with Crippen LogP contribution in [0.25, 0.3) is 50.6 Å². The van der Waals surface area contributed by atoms with Gasteiger partial charge in [-0.05, 0) is 263 Å². The first-order valence-corrected chi connectivity index (χ1v) is 40.6. The highest BCUT2D eigenvalue weighted by Crippen LogP contribution is 2.33. The van der Waals surface area contributed by atoms with Crippen LogP contribution in [0.3, 0.4) is 0 Å². The first kappa shape index (κ1) is 91.1. The number of thioether (sulfide) groups is 1. The Morgan fingerprint density at radius 3 is 1.20 bits per heavy atom. The van der Waals surface area contributed by atoms with E-state index in [1.54, 1.807) is 92.5 Å². The van der Waals surface area contributed by atoms with Crippen LogP contribution in [-0.4, -0.2) is 132 Å². The maximum atomic E-state index is 14.8. The quantitative estimate of drug-likeness (QED) is 0.0446. The Labute approximate surface area is 711 Å². The smallest absolute Gasteiger partial charge is 0.410 e. The molecule has 0 saturated carbocycles. The van der Waals surface area contributed by atoms with E-state index in [-0.39, 0.29) is 89.1 Å². The van der Waals surface area contributed by atoms with Gasteiger partial charge in [0.05, 0.1) is 17.1 Å². The van der Waals surface area contributed by atoms with Crippen LogP contribution in [0.5, 0.6) is 0 Å². The number of carbonyl (C=O) groups excluding carboxylic acids is 2. The van der Waals surface area contributed by atoms with Gasteiger partial charge >= 0.3 is 12.2 Å². The van der Waals surface area contributed by atoms with Crippen LogP contribution in [-0.2, 0) is 65.4 Å². The third kappa shape index (κ3) is 20.8. The van der Waals surface area contributed by atoms with Crippen molar-refractivity contribution in [2.24, 2.45) is 0 Å². The van der Waals surface area contributed by atoms with Crippen molar-refractivity contribution in [2.75, 3.05) is 42.3 Å². The number of carbonyl (C=O) groups is 2. The van der Waals surface area contributed by atoms with Gasteiger partial charge in [0.25, 0.3) is 16.7 Å². The molecule has 120 heavy (non-hydrogen) atoms. The fourth-order valence-electron chi connectivity index (χ4n) is 13.9. The lowest BCUT2D eigenvalue weighted by Gasteiger charge is -2.31. The molecular weight excluding hydrogens is 1600 g/mol. The standard InChI is InChI=1S/C30H36FN7O3.C25H28FN7O.C17H20FN5OS.C14H20N2O2.2ClH/c1-18(2)37-26(39)22-16-32-27(35-25(22)38(37)24-10-8-9-23(34-24)30(6,7)31)33-21-12-11-19-13-14-36(17-20(19)15-21)28(40)41-29(3,4)5;1-15(2)32-23(34)19-14-28-24(29-18-9-8-16-10-11-27-13-17(16)12-18)31-22(19)33(32)21-7-5-6-20(30-21)25(3,4)26;1-10(2)22-15(24)11-9-19-16(25-5)21-14(11)23(22)13-8-6-7-12(20-13)17(3,4)18;1-14(2,3)18-13(17)16-7-6-10-4-5-12(15)8-11(10)9-16;;/h8-12,15-16,18H,13-14,17H2,1-7H3,(H,32,33,35);5-9,12,14-15,27H,10-11,13H2,1-4H3,(H,28,29,31);6-10H,1-5H3;4-5,8H,6-7,9,15H2,1-3H3;2*1H. The zero-order valence-corrected chi connectivity index (χ0v) is 73.6. The molecule has 0 unspecified atom stereocenters. The molecule has 0 bridgehead atoms. The number of nitrogens with one attached hydrogen (secondary N) is 3. The van der Waals surface area contributed by atoms with Gasteiger partial charge in [0.1, 0.15) is 44.4 Å². The van der Waals surface area contributed by atoms with Crippen molar-refractivity contribution in [3.8, 4) is 17.5 Å². The van der Waals surface area contributed by atoms with Crippen LogP contribution >= 0.6 is 36.6 Å². The van der Waals surface area contributed by atoms with Crippen molar-refractivity contribution >= 4 is 111 Å². The summed E-state index contributed by atoms with van der Waals surface area (Å²) in [7, 11) is 0. The molecule has 0 spiro atoms. The Morgan fingerprint density at radius 1 is 0.467 bits per heavy atom. The highest BCUT2D eigenvalue weighted by atomic mass is 35.5. The van der Waals surface area contributed by atoms with Gasteiger partial charge in [-0.25, -0.2) is 85.7 Å². The van der Waals surface area contributed by atoms with Crippen molar-refractivity contribution in [1.82, 2.24) is 88.1 Å². The molecule has 638 valence electrons. The molecule has 15 rings (SSSR count). The number of fused-ring (bicyclic) bond motifs is 6. The SMILES string of the molecule is CC(C)(C)OC(=O)N1CCc2ccc(N)cc2C1.CC(C)n1c(=O)c2cnc(Nc3ccc4c(c3)CN(C(=O)OC(C)(C)C)CC4)nc2n1-c1cccc(C(C)(C)F)n1.CC(C)n1c(=O)c2cnc(Nc3ccc4c(c3)CNCC4)nc2n1-c1cccc(C(C)(C)F)n1.CSc1ncc2c(=O)n(C(C)C)n(-c3cccc(C(C)(C)F)n3)c2n1.Cl.Cl. The molecule has 12 aromatic rings. The zero-order valence-electron chi connectivity index (χ0n) is 71.1. The summed E-state index contributed by atoms with van der Waals surface area (Å²) in [6.45, 7) is 35.4. The average molecular weight is 1710 g/mol. The number of alkyl halides is 3. The van der Waals surface area contributed by atoms with Crippen LogP contribution in [0, 0.1) is 0 Å². The van der Waals surface area contributed by atoms with Crippen LogP contribution in [0.1, 0.15) is 193 Å². The van der Waals surface area contributed by atoms with Crippen LogP contribution in [0.2, 0.25) is 0 Å². The lowest BCUT2D eigenvalue weighted by molar-refractivity contribution is 0.0214. The van der Waals surface area contributed by atoms with Crippen LogP contribution < -0.4 is 38.4 Å². The normalized spacial score (nSPS) is 13.5. The second-order valence-electron chi connectivity index (χ2n) is 33.7. The number of anilines is 5. The number of rotatable bonds is 14. The van der Waals surface area contributed by atoms with Crippen molar-refractivity contribution in [3.63, 3.8) is 0 Å². The maximum Gasteiger partial charge on any atom is 0.410 e. The molecular formula is C86H106Cl2F3N21O7S. The molecule has 2 amide bonds. The van der Waals surface area contributed by atoms with E-state index in [0.29, 0.717) is 93.5 Å². The van der Waals surface area contributed by atoms with Crippen molar-refractivity contribution in [2.45, 2.75) is 215 Å². The first-order chi connectivity index (χ1) is 55.5. The van der Waals surface area contributed by atoms with E-state index in [2.05, 4.69) is 68.0 Å². The number of pyridine rings is 3. The van der Waals surface area contributed by atoms with Gasteiger partial charge in [0.2, 0.25) is 11.9 Å². The van der Waals surface area contributed by atoms with E-state index in [1.807, 2.05) is 132 Å². The summed E-state index contributed by atoms with van der Waals surface area (Å²) in [6.07, 6.45) is 8.44. The van der Waals surface area contributed by atoms with E-state index in [1.165, 1.54) is 88.6 Å². The highest BCUT2D eigenvalue weighted by molar-refractivity contribution is 7.98. The number of hydrogen-bond donors (Lipinski definition) is 4. The predicted molar refractivity (Wildman–Crippen MR) is 469 cm³/mol. The highest BCUT2D eigenvalue weighted by Gasteiger charge is 2.32. The monoisotopic (exact) mass is 1700 g/mol. The van der Waals surface area contributed by atoms with Crippen LogP contribution in [0.15, 0.2) is 147 Å². The zero-order chi connectivity index (χ0) is 85.4. The fraction of sp³-hybridized carbons (Fsp3) is 0.419. The average Bonchev–Trinajstić information content (AvgIpc) is 1.61. The van der Waals surface area contributed by atoms with Gasteiger partial charge < -0.3 is 41.0 Å². The number of aromatic nitrogens is 15. The topological polar surface area (TPSA) is 318 Å². The van der Waals surface area contributed by atoms with E-state index < -0.39 is 28.2 Å². The van der Waals surface area contributed by atoms with Gasteiger partial charge in [-0.1, -0.05) is 48.2 Å². The Balaban J connectivity index is 0.000000174. The summed E-state index contributed by atoms with van der Waals surface area (Å²) < 4.78 is 64.3. The van der Waals surface area contributed by atoms with Crippen molar-refractivity contribution < 1.29 is 32.2 Å². The Kier molecular flexibility index (Phi) is 27.6. The molecule has 12 heterocycles. The number of nitrogens with zero attached hydrogens (tertiary/aromatic N) is 17. The molecule has 0 radical (unpaired) electrons. The number of halogens is 5. The Morgan fingerprint density at radius 2 is 0.825 bits per heavy atom. The second-order valence-corrected chi connectivity index (χ2v) is 34.4. The van der Waals surface area contributed by atoms with Crippen LogP contribution in [0.4, 0.5) is 51.7 Å². The molecule has 0 atom stereocenters. The van der Waals surface area contributed by atoms with E-state index >= 15 is 0 Å². The minimum Gasteiger partial charge on any atom is -0.444 e. The summed E-state index contributed by atoms with van der Waals surface area (Å²) in [6, 6.07) is 32.8. The third-order valence-corrected chi connectivity index (χ3v) is 20.1. The largest absolute Gasteiger partial charge is 0.444 e. The molecule has 9 aromatic heterocycles. The predicted octanol–water partition coefficient (Wildman–Crippen LogP) is 16.8. The summed E-state index contributed by atoms with van der Waals surface area (Å²) in [5.74, 6) is 1.92. The van der Waals surface area contributed by atoms with Crippen molar-refractivity contribution in [3.05, 3.63) is 209 Å². The number of nitrogens with two attached hydrogens (primary N) is 1. The Bertz CT molecular complexity index is 5950. The van der Waals surface area contributed by atoms with E-state index in [9.17, 15) is 37.1 Å². The minimum absolute atomic E-state index is 0. The maximum absolute atomic E-state index is 14.8. The number of nitrogen functional groups attached to an aromatic ring is 1. The molecule has 5 N–H and O–H groups in total. The molecule has 0 fully saturated rings. The summed E-state index contributed by atoms with van der Waals surface area (Å²) in [4.78, 5) is 108. The molecule has 3 aliphatic rings. The summed E-state index contributed by atoms with van der Waals surface area (Å²) in [5.41, 5.74) is 10.8. The van der Waals surface area contributed by atoms with E-state index in [0.717, 1.165) is 66.1 Å². The van der Waals surface area contributed by atoms with Gasteiger partial charge in [-0.15, -0.1) is 24.8 Å². The van der Waals surface area contributed by atoms with E-state index in [4.69, 9.17) is 20.2 Å². The Hall–Kier alpha value is -11.2. The fourth-order valence-corrected chi connectivity index (χ4v) is 14.2.